The summed E-state index contributed by atoms with van der Waals surface area (Å²) in [6.45, 7) is -0.607. The number of ether oxygens (including phenoxy) is 4. The Bertz CT molecular complexity index is 875. The van der Waals surface area contributed by atoms with Crippen molar-refractivity contribution in [1.82, 2.24) is 0 Å². The van der Waals surface area contributed by atoms with Crippen molar-refractivity contribution in [3.8, 4) is 17.2 Å². The number of benzene rings is 2. The van der Waals surface area contributed by atoms with Gasteiger partial charge in [-0.15, -0.1) is 0 Å². The number of nitrogens with one attached hydrogen (secondary N) is 1. The van der Waals surface area contributed by atoms with Gasteiger partial charge in [0.05, 0.1) is 37.5 Å². The average Bonchev–Trinajstić information content (AvgIpc) is 2.71. The third-order valence-corrected chi connectivity index (χ3v) is 3.59. The van der Waals surface area contributed by atoms with Gasteiger partial charge in [-0.3, -0.25) is 14.9 Å². The van der Waals surface area contributed by atoms with Gasteiger partial charge in [0.2, 0.25) is 0 Å². The lowest BCUT2D eigenvalue weighted by atomic mass is 10.2. The highest BCUT2D eigenvalue weighted by Gasteiger charge is 2.16. The van der Waals surface area contributed by atoms with E-state index in [2.05, 4.69) is 5.32 Å². The van der Waals surface area contributed by atoms with E-state index in [0.29, 0.717) is 11.5 Å². The van der Waals surface area contributed by atoms with Gasteiger partial charge in [-0.05, 0) is 18.2 Å². The Morgan fingerprint density at radius 1 is 1.00 bits per heavy atom. The fraction of sp³-hybridized carbons (Fsp3) is 0.222. The van der Waals surface area contributed by atoms with Crippen molar-refractivity contribution in [3.63, 3.8) is 0 Å². The number of nitro benzene ring substituents is 1. The largest absolute Gasteiger partial charge is 0.497 e. The molecule has 0 unspecified atom stereocenters. The van der Waals surface area contributed by atoms with Crippen molar-refractivity contribution in [2.45, 2.75) is 0 Å². The minimum atomic E-state index is -0.765. The van der Waals surface area contributed by atoms with E-state index in [1.807, 2.05) is 0 Å². The van der Waals surface area contributed by atoms with Crippen molar-refractivity contribution >= 4 is 23.3 Å². The van der Waals surface area contributed by atoms with E-state index >= 15 is 0 Å². The predicted molar refractivity (Wildman–Crippen MR) is 98.1 cm³/mol. The second-order valence-corrected chi connectivity index (χ2v) is 5.37. The second kappa shape index (κ2) is 9.21. The number of non-ortho nitro benzene ring substituents is 1. The molecule has 2 rings (SSSR count). The summed E-state index contributed by atoms with van der Waals surface area (Å²) in [5.74, 6) is -0.461. The molecule has 1 N–H and O–H groups in total. The first-order valence-corrected chi connectivity index (χ1v) is 7.90. The fourth-order valence-electron chi connectivity index (χ4n) is 2.23. The highest BCUT2D eigenvalue weighted by Crippen LogP contribution is 2.29. The Morgan fingerprint density at radius 3 is 2.18 bits per heavy atom. The lowest BCUT2D eigenvalue weighted by Crippen LogP contribution is -2.21. The molecular formula is C18H18N2O8. The normalized spacial score (nSPS) is 9.96. The highest BCUT2D eigenvalue weighted by atomic mass is 16.6. The molecule has 0 aliphatic carbocycles. The summed E-state index contributed by atoms with van der Waals surface area (Å²) in [6.07, 6.45) is 0. The summed E-state index contributed by atoms with van der Waals surface area (Å²) in [4.78, 5) is 34.5. The number of esters is 1. The molecule has 0 aliphatic heterocycles. The smallest absolute Gasteiger partial charge is 0.338 e. The third kappa shape index (κ3) is 5.10. The third-order valence-electron chi connectivity index (χ3n) is 3.59. The van der Waals surface area contributed by atoms with Crippen molar-refractivity contribution in [3.05, 3.63) is 52.1 Å². The predicted octanol–water partition coefficient (Wildman–Crippen LogP) is 2.42. The van der Waals surface area contributed by atoms with Crippen molar-refractivity contribution in [2.24, 2.45) is 0 Å². The molecule has 10 heteroatoms. The summed E-state index contributed by atoms with van der Waals surface area (Å²) < 4.78 is 20.2. The second-order valence-electron chi connectivity index (χ2n) is 5.37. The van der Waals surface area contributed by atoms with Crippen LogP contribution in [0.1, 0.15) is 10.4 Å². The molecule has 0 radical (unpaired) electrons. The maximum absolute atomic E-state index is 12.2. The summed E-state index contributed by atoms with van der Waals surface area (Å²) in [6, 6.07) is 8.19. The van der Waals surface area contributed by atoms with E-state index < -0.39 is 23.4 Å². The molecule has 1 amide bonds. The standard InChI is InChI=1S/C18H18N2O8/c1-25-13-6-11(7-14(9-13)26-2)18(22)28-10-17(21)19-15-8-12(20(23)24)4-5-16(15)27-3/h4-9H,10H2,1-3H3,(H,19,21). The average molecular weight is 390 g/mol. The van der Waals surface area contributed by atoms with Crippen molar-refractivity contribution < 1.29 is 33.5 Å². The van der Waals surface area contributed by atoms with Crippen LogP contribution in [0.2, 0.25) is 0 Å². The number of methoxy groups -OCH3 is 3. The minimum absolute atomic E-state index is 0.0841. The summed E-state index contributed by atoms with van der Waals surface area (Å²) in [5, 5.41) is 13.3. The van der Waals surface area contributed by atoms with Crippen molar-refractivity contribution in [1.29, 1.82) is 0 Å². The van der Waals surface area contributed by atoms with Gasteiger partial charge in [-0.2, -0.15) is 0 Å². The maximum Gasteiger partial charge on any atom is 0.338 e. The zero-order chi connectivity index (χ0) is 20.7. The molecule has 0 aromatic heterocycles. The van der Waals surface area contributed by atoms with Crippen LogP contribution < -0.4 is 19.5 Å². The number of carbonyl (C=O) groups excluding carboxylic acids is 2. The topological polar surface area (TPSA) is 126 Å². The van der Waals surface area contributed by atoms with Crippen LogP contribution in [0.25, 0.3) is 0 Å². The molecule has 0 spiro atoms. The number of rotatable bonds is 8. The molecule has 0 fully saturated rings. The number of hydrogen-bond donors (Lipinski definition) is 1. The van der Waals surface area contributed by atoms with E-state index in [0.717, 1.165) is 6.07 Å². The van der Waals surface area contributed by atoms with Crippen molar-refractivity contribution in [2.75, 3.05) is 33.3 Å². The molecule has 0 aliphatic rings. The van der Waals surface area contributed by atoms with Crippen LogP contribution in [0.15, 0.2) is 36.4 Å². The Balaban J connectivity index is 2.05. The van der Waals surface area contributed by atoms with E-state index in [1.54, 1.807) is 6.07 Å². The quantitative estimate of drug-likeness (QED) is 0.414. The van der Waals surface area contributed by atoms with Crippen LogP contribution in [-0.4, -0.2) is 44.7 Å². The molecule has 2 aromatic rings. The van der Waals surface area contributed by atoms with E-state index in [-0.39, 0.29) is 22.7 Å². The Morgan fingerprint density at radius 2 is 1.64 bits per heavy atom. The fourth-order valence-corrected chi connectivity index (χ4v) is 2.23. The van der Waals surface area contributed by atoms with E-state index in [9.17, 15) is 19.7 Å². The molecule has 0 saturated heterocycles. The molecule has 0 atom stereocenters. The first kappa shape index (κ1) is 20.5. The lowest BCUT2D eigenvalue weighted by Gasteiger charge is -2.11. The van der Waals surface area contributed by atoms with Gasteiger partial charge in [0, 0.05) is 18.2 Å². The van der Waals surface area contributed by atoms with Crippen LogP contribution >= 0.6 is 0 Å². The number of hydrogen-bond acceptors (Lipinski definition) is 8. The van der Waals surface area contributed by atoms with Crippen LogP contribution in [0.3, 0.4) is 0 Å². The first-order valence-electron chi connectivity index (χ1n) is 7.90. The van der Waals surface area contributed by atoms with Crippen LogP contribution in [0.5, 0.6) is 17.2 Å². The molecule has 0 saturated carbocycles. The molecule has 10 nitrogen and oxygen atoms in total. The van der Waals surface area contributed by atoms with Gasteiger partial charge in [-0.25, -0.2) is 4.79 Å². The number of amides is 1. The van der Waals surface area contributed by atoms with Gasteiger partial charge in [0.1, 0.15) is 17.2 Å². The monoisotopic (exact) mass is 390 g/mol. The number of nitro groups is 1. The zero-order valence-corrected chi connectivity index (χ0v) is 15.4. The van der Waals surface area contributed by atoms with Gasteiger partial charge in [-0.1, -0.05) is 0 Å². The molecule has 148 valence electrons. The number of carbonyl (C=O) groups is 2. The lowest BCUT2D eigenvalue weighted by molar-refractivity contribution is -0.384. The Kier molecular flexibility index (Phi) is 6.74. The molecule has 0 heterocycles. The van der Waals surface area contributed by atoms with Gasteiger partial charge >= 0.3 is 5.97 Å². The van der Waals surface area contributed by atoms with Crippen LogP contribution in [0.4, 0.5) is 11.4 Å². The Labute approximate surface area is 160 Å². The van der Waals surface area contributed by atoms with E-state index in [1.165, 1.54) is 45.6 Å². The molecule has 2 aromatic carbocycles. The molecule has 28 heavy (non-hydrogen) atoms. The first-order chi connectivity index (χ1) is 13.4. The van der Waals surface area contributed by atoms with Gasteiger partial charge in [0.15, 0.2) is 6.61 Å². The highest BCUT2D eigenvalue weighted by molar-refractivity contribution is 5.96. The minimum Gasteiger partial charge on any atom is -0.497 e. The molecule has 0 bridgehead atoms. The maximum atomic E-state index is 12.2. The summed E-state index contributed by atoms with van der Waals surface area (Å²) >= 11 is 0. The summed E-state index contributed by atoms with van der Waals surface area (Å²) in [7, 11) is 4.22. The van der Waals surface area contributed by atoms with Crippen LogP contribution in [-0.2, 0) is 9.53 Å². The SMILES string of the molecule is COc1cc(OC)cc(C(=O)OCC(=O)Nc2cc([N+](=O)[O-])ccc2OC)c1. The Hall–Kier alpha value is -3.82. The summed E-state index contributed by atoms with van der Waals surface area (Å²) in [5.41, 5.74) is -0.00528. The van der Waals surface area contributed by atoms with E-state index in [4.69, 9.17) is 18.9 Å². The van der Waals surface area contributed by atoms with Gasteiger partial charge < -0.3 is 24.3 Å². The number of anilines is 1. The van der Waals surface area contributed by atoms with Crippen LogP contribution in [0, 0.1) is 10.1 Å². The zero-order valence-electron chi connectivity index (χ0n) is 15.4. The number of nitrogens with zero attached hydrogens (tertiary/aromatic N) is 1. The van der Waals surface area contributed by atoms with Gasteiger partial charge in [0.25, 0.3) is 11.6 Å². The molecular weight excluding hydrogens is 372 g/mol.